The van der Waals surface area contributed by atoms with Crippen molar-refractivity contribution in [3.63, 3.8) is 0 Å². The quantitative estimate of drug-likeness (QED) is 0.0737. The van der Waals surface area contributed by atoms with E-state index in [0.717, 1.165) is 29.5 Å². The molecular formula is C28H21N3O7S. The van der Waals surface area contributed by atoms with Gasteiger partial charge in [-0.25, -0.2) is 4.79 Å². The van der Waals surface area contributed by atoms with E-state index in [1.807, 2.05) is 30.3 Å². The number of para-hydroxylation sites is 1. The first-order valence-electron chi connectivity index (χ1n) is 11.7. The first kappa shape index (κ1) is 26.9. The molecule has 39 heavy (non-hydrogen) atoms. The fraction of sp³-hybridized carbons (Fsp3) is 0.0714. The number of esters is 1. The number of nitro benzene ring substituents is 2. The lowest BCUT2D eigenvalue weighted by Gasteiger charge is -2.10. The highest BCUT2D eigenvalue weighted by Gasteiger charge is 2.29. The van der Waals surface area contributed by atoms with Gasteiger partial charge in [0.1, 0.15) is 10.6 Å². The van der Waals surface area contributed by atoms with Crippen LogP contribution in [0.25, 0.3) is 17.2 Å². The first-order chi connectivity index (χ1) is 18.8. The largest absolute Gasteiger partial charge is 0.462 e. The molecule has 0 fully saturated rings. The number of nitro groups is 2. The highest BCUT2D eigenvalue weighted by Crippen LogP contribution is 2.42. The number of thiophene rings is 1. The van der Waals surface area contributed by atoms with Crippen molar-refractivity contribution in [1.82, 2.24) is 0 Å². The van der Waals surface area contributed by atoms with Gasteiger partial charge in [0.15, 0.2) is 5.78 Å². The van der Waals surface area contributed by atoms with Crippen LogP contribution in [0.3, 0.4) is 0 Å². The summed E-state index contributed by atoms with van der Waals surface area (Å²) in [6, 6.07) is 21.2. The van der Waals surface area contributed by atoms with E-state index in [-0.39, 0.29) is 22.6 Å². The van der Waals surface area contributed by atoms with E-state index in [1.54, 1.807) is 37.3 Å². The van der Waals surface area contributed by atoms with Crippen LogP contribution in [0.5, 0.6) is 0 Å². The number of ether oxygens (including phenoxy) is 1. The molecule has 0 unspecified atom stereocenters. The van der Waals surface area contributed by atoms with E-state index in [0.29, 0.717) is 21.8 Å². The lowest BCUT2D eigenvalue weighted by atomic mass is 9.99. The Labute approximate surface area is 226 Å². The number of anilines is 2. The molecule has 0 radical (unpaired) electrons. The van der Waals surface area contributed by atoms with Crippen LogP contribution >= 0.6 is 11.3 Å². The molecule has 10 nitrogen and oxygen atoms in total. The maximum absolute atomic E-state index is 13.5. The van der Waals surface area contributed by atoms with Crippen molar-refractivity contribution in [3.8, 4) is 11.1 Å². The van der Waals surface area contributed by atoms with E-state index >= 15 is 0 Å². The van der Waals surface area contributed by atoms with Gasteiger partial charge in [-0.2, -0.15) is 0 Å². The number of hydrogen-bond acceptors (Lipinski definition) is 9. The van der Waals surface area contributed by atoms with Gasteiger partial charge in [0.05, 0.1) is 33.0 Å². The van der Waals surface area contributed by atoms with Gasteiger partial charge in [0, 0.05) is 17.3 Å². The van der Waals surface area contributed by atoms with Crippen molar-refractivity contribution in [2.24, 2.45) is 0 Å². The minimum atomic E-state index is -0.752. The topological polar surface area (TPSA) is 142 Å². The van der Waals surface area contributed by atoms with Crippen LogP contribution in [-0.4, -0.2) is 28.2 Å². The van der Waals surface area contributed by atoms with Gasteiger partial charge in [-0.15, -0.1) is 11.3 Å². The molecule has 3 aromatic carbocycles. The zero-order valence-corrected chi connectivity index (χ0v) is 21.3. The van der Waals surface area contributed by atoms with E-state index in [9.17, 15) is 29.8 Å². The van der Waals surface area contributed by atoms with Crippen LogP contribution in [0.4, 0.5) is 22.1 Å². The Bertz CT molecular complexity index is 1580. The van der Waals surface area contributed by atoms with E-state index in [2.05, 4.69) is 5.32 Å². The molecule has 1 aromatic heterocycles. The summed E-state index contributed by atoms with van der Waals surface area (Å²) in [5.74, 6) is -1.13. The number of hydrogen-bond donors (Lipinski definition) is 1. The second-order valence-electron chi connectivity index (χ2n) is 8.04. The zero-order valence-electron chi connectivity index (χ0n) is 20.5. The van der Waals surface area contributed by atoms with Crippen LogP contribution in [0, 0.1) is 20.2 Å². The van der Waals surface area contributed by atoms with Gasteiger partial charge < -0.3 is 10.1 Å². The molecule has 0 atom stereocenters. The maximum Gasteiger partial charge on any atom is 0.341 e. The van der Waals surface area contributed by atoms with Crippen molar-refractivity contribution in [2.75, 3.05) is 11.9 Å². The Balaban J connectivity index is 1.84. The fourth-order valence-electron chi connectivity index (χ4n) is 3.81. The Morgan fingerprint density at radius 2 is 1.62 bits per heavy atom. The molecule has 1 N–H and O–H groups in total. The van der Waals surface area contributed by atoms with E-state index in [4.69, 9.17) is 4.74 Å². The Kier molecular flexibility index (Phi) is 8.22. The molecule has 0 amide bonds. The smallest absolute Gasteiger partial charge is 0.341 e. The van der Waals surface area contributed by atoms with Crippen molar-refractivity contribution in [3.05, 3.63) is 121 Å². The number of nitrogens with zero attached hydrogens (tertiary/aromatic N) is 2. The number of nitrogens with one attached hydrogen (secondary N) is 1. The third-order valence-electron chi connectivity index (χ3n) is 5.54. The van der Waals surface area contributed by atoms with Gasteiger partial charge in [0.25, 0.3) is 11.4 Å². The molecular weight excluding hydrogens is 522 g/mol. The Hall–Kier alpha value is -5.16. The number of carbonyl (C=O) groups is 2. The highest BCUT2D eigenvalue weighted by atomic mass is 32.1. The van der Waals surface area contributed by atoms with Crippen molar-refractivity contribution >= 4 is 51.2 Å². The summed E-state index contributed by atoms with van der Waals surface area (Å²) < 4.78 is 5.33. The van der Waals surface area contributed by atoms with E-state index < -0.39 is 33.0 Å². The molecule has 4 aromatic rings. The van der Waals surface area contributed by atoms with Gasteiger partial charge in [-0.05, 0) is 42.8 Å². The molecule has 1 heterocycles. The number of allylic oxidation sites excluding steroid dienone is 1. The summed E-state index contributed by atoms with van der Waals surface area (Å²) in [5.41, 5.74) is 0.924. The maximum atomic E-state index is 13.5. The third kappa shape index (κ3) is 6.05. The zero-order chi connectivity index (χ0) is 27.9. The van der Waals surface area contributed by atoms with Crippen LogP contribution in [0.1, 0.15) is 32.5 Å². The molecule has 0 aliphatic rings. The number of rotatable bonds is 10. The molecule has 4 rings (SSSR count). The summed E-state index contributed by atoms with van der Waals surface area (Å²) in [6.45, 7) is 1.81. The lowest BCUT2D eigenvalue weighted by molar-refractivity contribution is -0.394. The minimum Gasteiger partial charge on any atom is -0.462 e. The second-order valence-corrected chi connectivity index (χ2v) is 9.06. The van der Waals surface area contributed by atoms with Gasteiger partial charge in [-0.3, -0.25) is 25.0 Å². The monoisotopic (exact) mass is 543 g/mol. The molecule has 0 bridgehead atoms. The molecule has 0 aliphatic carbocycles. The molecule has 0 aliphatic heterocycles. The van der Waals surface area contributed by atoms with Crippen LogP contribution in [-0.2, 0) is 4.74 Å². The first-order valence-corrected chi connectivity index (χ1v) is 12.5. The van der Waals surface area contributed by atoms with Crippen LogP contribution in [0.2, 0.25) is 0 Å². The molecule has 11 heteroatoms. The normalized spacial score (nSPS) is 10.8. The minimum absolute atomic E-state index is 0.0185. The predicted octanol–water partition coefficient (Wildman–Crippen LogP) is 7.05. The van der Waals surface area contributed by atoms with Gasteiger partial charge in [-0.1, -0.05) is 48.5 Å². The Morgan fingerprint density at radius 1 is 0.949 bits per heavy atom. The lowest BCUT2D eigenvalue weighted by Crippen LogP contribution is -2.08. The number of carbonyl (C=O) groups excluding carboxylic acids is 2. The number of benzene rings is 3. The average Bonchev–Trinajstić information content (AvgIpc) is 3.32. The summed E-state index contributed by atoms with van der Waals surface area (Å²) in [5, 5.41) is 26.2. The summed E-state index contributed by atoms with van der Waals surface area (Å²) in [7, 11) is 0. The number of ketones is 1. The molecule has 196 valence electrons. The SMILES string of the molecule is CCOC(=O)c1c(Nc2ccccc2)sc(C(=O)/C=C/c2ccc([N+](=O)[O-])cc2[N+](=O)[O-])c1-c1ccccc1. The highest BCUT2D eigenvalue weighted by molar-refractivity contribution is 7.19. The molecule has 0 spiro atoms. The number of non-ortho nitro benzene ring substituents is 1. The second kappa shape index (κ2) is 11.9. The van der Waals surface area contributed by atoms with Crippen molar-refractivity contribution in [2.45, 2.75) is 6.92 Å². The average molecular weight is 544 g/mol. The van der Waals surface area contributed by atoms with E-state index in [1.165, 1.54) is 12.1 Å². The Morgan fingerprint density at radius 3 is 2.23 bits per heavy atom. The van der Waals surface area contributed by atoms with Crippen LogP contribution in [0.15, 0.2) is 84.9 Å². The third-order valence-corrected chi connectivity index (χ3v) is 6.66. The fourth-order valence-corrected chi connectivity index (χ4v) is 4.96. The summed E-state index contributed by atoms with van der Waals surface area (Å²) >= 11 is 1.05. The van der Waals surface area contributed by atoms with Crippen LogP contribution < -0.4 is 5.32 Å². The summed E-state index contributed by atoms with van der Waals surface area (Å²) in [4.78, 5) is 48.0. The summed E-state index contributed by atoms with van der Waals surface area (Å²) in [6.07, 6.45) is 2.38. The standard InChI is InChI=1S/C28H21N3O7S/c1-2-38-28(33)25-24(19-9-5-3-6-10-19)26(39-27(25)29-20-11-7-4-8-12-20)23(32)16-14-18-13-15-21(30(34)35)17-22(18)31(36)37/h3-17,29H,2H2,1H3/b16-14+. The molecule has 0 saturated heterocycles. The van der Waals surface area contributed by atoms with Crippen molar-refractivity contribution in [1.29, 1.82) is 0 Å². The predicted molar refractivity (Wildman–Crippen MR) is 149 cm³/mol. The molecule has 0 saturated carbocycles. The van der Waals surface area contributed by atoms with Gasteiger partial charge in [0.2, 0.25) is 0 Å². The van der Waals surface area contributed by atoms with Crippen molar-refractivity contribution < 1.29 is 24.2 Å². The van der Waals surface area contributed by atoms with Gasteiger partial charge >= 0.3 is 5.97 Å².